The van der Waals surface area contributed by atoms with Gasteiger partial charge < -0.3 is 20.4 Å². The largest absolute Gasteiger partial charge is 0.508 e. The fourth-order valence-corrected chi connectivity index (χ4v) is 6.11. The van der Waals surface area contributed by atoms with E-state index >= 15 is 0 Å². The molecule has 0 aliphatic carbocycles. The summed E-state index contributed by atoms with van der Waals surface area (Å²) in [5, 5.41) is 39.6. The SMILES string of the molecule is Cc1cc(C(C)(C)C)c(O)c(C(C)(C)C)c1.Cc1cc(C)c(O)c(C(C)(C)C)c1.Cc1cc(O)c(C(C)(C)C)cc1C.Cc1ccc(O)c(C(C)(C)C)c1. The van der Waals surface area contributed by atoms with Crippen LogP contribution >= 0.6 is 0 Å². The molecule has 0 radical (unpaired) electrons. The number of hydrogen-bond donors (Lipinski definition) is 4. The lowest BCUT2D eigenvalue weighted by molar-refractivity contribution is 0.423. The molecule has 4 N–H and O–H groups in total. The third kappa shape index (κ3) is 14.1. The van der Waals surface area contributed by atoms with Crippen molar-refractivity contribution < 1.29 is 20.4 Å². The second kappa shape index (κ2) is 17.7. The second-order valence-electron chi connectivity index (χ2n) is 20.4. The van der Waals surface area contributed by atoms with E-state index in [-0.39, 0.29) is 27.1 Å². The minimum atomic E-state index is -0.0178. The lowest BCUT2D eigenvalue weighted by Gasteiger charge is -2.27. The number of phenols is 4. The maximum Gasteiger partial charge on any atom is 0.123 e. The van der Waals surface area contributed by atoms with Crippen molar-refractivity contribution in [1.82, 2.24) is 0 Å². The Labute approximate surface area is 330 Å². The molecule has 0 saturated heterocycles. The monoisotopic (exact) mass is 741 g/mol. The van der Waals surface area contributed by atoms with Gasteiger partial charge in [0.2, 0.25) is 0 Å². The molecule has 4 aromatic carbocycles. The molecule has 4 rings (SSSR count). The van der Waals surface area contributed by atoms with E-state index in [2.05, 4.69) is 149 Å². The first kappa shape index (κ1) is 48.1. The van der Waals surface area contributed by atoms with E-state index in [1.54, 1.807) is 6.07 Å². The van der Waals surface area contributed by atoms with Crippen LogP contribution in [0.4, 0.5) is 0 Å². The summed E-state index contributed by atoms with van der Waals surface area (Å²) in [6.45, 7) is 44.0. The normalized spacial score (nSPS) is 12.1. The molecule has 4 nitrogen and oxygen atoms in total. The molecule has 0 unspecified atom stereocenters. The van der Waals surface area contributed by atoms with E-state index in [0.717, 1.165) is 38.9 Å². The fourth-order valence-electron chi connectivity index (χ4n) is 6.11. The minimum Gasteiger partial charge on any atom is -0.508 e. The van der Waals surface area contributed by atoms with Gasteiger partial charge in [0.15, 0.2) is 0 Å². The molecule has 0 fully saturated rings. The summed E-state index contributed by atoms with van der Waals surface area (Å²) in [6.07, 6.45) is 0. The van der Waals surface area contributed by atoms with E-state index in [4.69, 9.17) is 0 Å². The summed E-state index contributed by atoms with van der Waals surface area (Å²) in [7, 11) is 0. The molecule has 300 valence electrons. The van der Waals surface area contributed by atoms with Crippen LogP contribution < -0.4 is 0 Å². The van der Waals surface area contributed by atoms with E-state index in [0.29, 0.717) is 23.0 Å². The Bertz CT molecular complexity index is 1820. The van der Waals surface area contributed by atoms with Gasteiger partial charge in [-0.1, -0.05) is 163 Å². The molecule has 4 aromatic rings. The van der Waals surface area contributed by atoms with Crippen LogP contribution in [-0.4, -0.2) is 20.4 Å². The molecule has 54 heavy (non-hydrogen) atoms. The van der Waals surface area contributed by atoms with Crippen LogP contribution in [0, 0.1) is 41.5 Å². The first-order valence-corrected chi connectivity index (χ1v) is 19.3. The molecule has 0 aliphatic rings. The van der Waals surface area contributed by atoms with Crippen LogP contribution in [0.25, 0.3) is 0 Å². The third-order valence-corrected chi connectivity index (χ3v) is 9.50. The van der Waals surface area contributed by atoms with Crippen LogP contribution in [0.15, 0.2) is 54.6 Å². The molecular weight excluding hydrogens is 665 g/mol. The van der Waals surface area contributed by atoms with E-state index < -0.39 is 0 Å². The lowest BCUT2D eigenvalue weighted by atomic mass is 9.78. The van der Waals surface area contributed by atoms with Crippen molar-refractivity contribution in [2.75, 3.05) is 0 Å². The maximum atomic E-state index is 10.4. The Morgan fingerprint density at radius 3 is 0.981 bits per heavy atom. The summed E-state index contributed by atoms with van der Waals surface area (Å²) >= 11 is 0. The summed E-state index contributed by atoms with van der Waals surface area (Å²) in [6, 6.07) is 17.9. The Hall–Kier alpha value is -3.92. The highest BCUT2D eigenvalue weighted by molar-refractivity contribution is 5.50. The number of aromatic hydroxyl groups is 4. The minimum absolute atomic E-state index is 0.0147. The van der Waals surface area contributed by atoms with Gasteiger partial charge in [0.25, 0.3) is 0 Å². The van der Waals surface area contributed by atoms with Crippen LogP contribution in [0.5, 0.6) is 23.0 Å². The molecule has 0 spiro atoms. The van der Waals surface area contributed by atoms with Crippen LogP contribution in [-0.2, 0) is 27.1 Å². The Balaban J connectivity index is 0.000000362. The Morgan fingerprint density at radius 2 is 0.611 bits per heavy atom. The molecule has 0 bridgehead atoms. The van der Waals surface area contributed by atoms with Gasteiger partial charge in [0, 0.05) is 0 Å². The first-order valence-electron chi connectivity index (χ1n) is 19.3. The summed E-state index contributed by atoms with van der Waals surface area (Å²) in [5.41, 5.74) is 12.1. The molecule has 4 heteroatoms. The summed E-state index contributed by atoms with van der Waals surface area (Å²) < 4.78 is 0. The van der Waals surface area contributed by atoms with Gasteiger partial charge in [-0.25, -0.2) is 0 Å². The number of benzene rings is 4. The lowest BCUT2D eigenvalue weighted by Crippen LogP contribution is -2.17. The standard InChI is InChI=1S/C15H24O.2C12H18O.C11H16O/c1-10-8-11(14(2,3)4)13(16)12(9-10)15(5,6)7;1-8-6-10(12(3,4)5)11(13)7-9(8)2;1-8-6-9(2)11(13)10(7-8)12(3,4)5;1-8-5-6-10(12)9(7-8)11(2,3)4/h8-9,16H,1-7H3;2*6-7,13H,1-5H3;5-7,12H,1-4H3. The van der Waals surface area contributed by atoms with Gasteiger partial charge in [0.1, 0.15) is 23.0 Å². The summed E-state index contributed by atoms with van der Waals surface area (Å²) in [5.74, 6) is 1.72. The smallest absolute Gasteiger partial charge is 0.123 e. The predicted octanol–water partition coefficient (Wildman–Crippen LogP) is 13.9. The highest BCUT2D eigenvalue weighted by Crippen LogP contribution is 2.40. The quantitative estimate of drug-likeness (QED) is 0.145. The van der Waals surface area contributed by atoms with E-state index in [1.807, 2.05) is 45.0 Å². The highest BCUT2D eigenvalue weighted by atomic mass is 16.3. The van der Waals surface area contributed by atoms with Crippen LogP contribution in [0.2, 0.25) is 0 Å². The molecule has 0 aromatic heterocycles. The van der Waals surface area contributed by atoms with Crippen LogP contribution in [0.3, 0.4) is 0 Å². The first-order chi connectivity index (χ1) is 24.1. The van der Waals surface area contributed by atoms with Crippen molar-refractivity contribution in [2.45, 2.75) is 172 Å². The third-order valence-electron chi connectivity index (χ3n) is 9.50. The second-order valence-corrected chi connectivity index (χ2v) is 20.4. The molecular formula is C50H76O4. The van der Waals surface area contributed by atoms with E-state index in [1.165, 1.54) is 22.3 Å². The van der Waals surface area contributed by atoms with Crippen molar-refractivity contribution in [3.8, 4) is 23.0 Å². The number of rotatable bonds is 0. The van der Waals surface area contributed by atoms with Gasteiger partial charge in [0.05, 0.1) is 0 Å². The van der Waals surface area contributed by atoms with Gasteiger partial charge in [-0.05, 0) is 125 Å². The highest BCUT2D eigenvalue weighted by Gasteiger charge is 2.26. The summed E-state index contributed by atoms with van der Waals surface area (Å²) in [4.78, 5) is 0. The zero-order valence-electron chi connectivity index (χ0n) is 38.0. The number of phenolic OH excluding ortho intramolecular Hbond substituents is 4. The molecule has 0 atom stereocenters. The topological polar surface area (TPSA) is 80.9 Å². The zero-order valence-corrected chi connectivity index (χ0v) is 38.0. The number of hydrogen-bond acceptors (Lipinski definition) is 4. The fraction of sp³-hybridized carbons (Fsp3) is 0.520. The number of aryl methyl sites for hydroxylation is 6. The maximum absolute atomic E-state index is 10.4. The van der Waals surface area contributed by atoms with Crippen molar-refractivity contribution in [2.24, 2.45) is 0 Å². The Kier molecular flexibility index (Phi) is 15.8. The van der Waals surface area contributed by atoms with Gasteiger partial charge in [-0.15, -0.1) is 0 Å². The van der Waals surface area contributed by atoms with Gasteiger partial charge in [-0.2, -0.15) is 0 Å². The average Bonchev–Trinajstić information content (AvgIpc) is 2.97. The Morgan fingerprint density at radius 1 is 0.296 bits per heavy atom. The van der Waals surface area contributed by atoms with Crippen molar-refractivity contribution >= 4 is 0 Å². The zero-order chi connectivity index (χ0) is 42.5. The van der Waals surface area contributed by atoms with Gasteiger partial charge in [-0.3, -0.25) is 0 Å². The molecule has 0 saturated carbocycles. The van der Waals surface area contributed by atoms with Crippen molar-refractivity contribution in [3.63, 3.8) is 0 Å². The van der Waals surface area contributed by atoms with Crippen molar-refractivity contribution in [3.05, 3.63) is 116 Å². The van der Waals surface area contributed by atoms with Crippen LogP contribution in [0.1, 0.15) is 165 Å². The molecule has 0 aliphatic heterocycles. The van der Waals surface area contributed by atoms with E-state index in [9.17, 15) is 20.4 Å². The predicted molar refractivity (Wildman–Crippen MR) is 234 cm³/mol. The van der Waals surface area contributed by atoms with Crippen molar-refractivity contribution in [1.29, 1.82) is 0 Å². The molecule has 0 amide bonds. The molecule has 0 heterocycles. The van der Waals surface area contributed by atoms with Gasteiger partial charge >= 0.3 is 0 Å². The average molecular weight is 741 g/mol.